The van der Waals surface area contributed by atoms with Gasteiger partial charge in [-0.2, -0.15) is 10.2 Å². The quantitative estimate of drug-likeness (QED) is 0.267. The van der Waals surface area contributed by atoms with Gasteiger partial charge in [-0.1, -0.05) is 0 Å². The van der Waals surface area contributed by atoms with Crippen molar-refractivity contribution in [3.63, 3.8) is 0 Å². The lowest BCUT2D eigenvalue weighted by atomic mass is 9.85. The number of aryl methyl sites for hydroxylation is 2. The van der Waals surface area contributed by atoms with Crippen LogP contribution in [0.25, 0.3) is 11.3 Å². The molecule has 6 aromatic heterocycles. The second-order valence-electron chi connectivity index (χ2n) is 11.9. The number of rotatable bonds is 3. The zero-order valence-corrected chi connectivity index (χ0v) is 29.9. The fourth-order valence-electron chi connectivity index (χ4n) is 4.55. The summed E-state index contributed by atoms with van der Waals surface area (Å²) in [6.07, 6.45) is 10.6. The number of nitrogens with zero attached hydrogens (tertiary/aromatic N) is 8. The summed E-state index contributed by atoms with van der Waals surface area (Å²) in [5.41, 5.74) is 8.22. The number of hydrogen-bond acceptors (Lipinski definition) is 9. The van der Waals surface area contributed by atoms with Gasteiger partial charge >= 0.3 is 7.12 Å². The predicted molar refractivity (Wildman–Crippen MR) is 188 cm³/mol. The van der Waals surface area contributed by atoms with E-state index in [9.17, 15) is 9.59 Å². The van der Waals surface area contributed by atoms with E-state index in [1.165, 1.54) is 10.6 Å². The number of aromatic nitrogens is 8. The van der Waals surface area contributed by atoms with Gasteiger partial charge in [-0.25, -0.2) is 9.97 Å². The maximum absolute atomic E-state index is 12.4. The van der Waals surface area contributed by atoms with E-state index in [1.54, 1.807) is 44.5 Å². The minimum atomic E-state index is -0.351. The second-order valence-corrected chi connectivity index (χ2v) is 13.7. The van der Waals surface area contributed by atoms with E-state index in [2.05, 4.69) is 52.0 Å². The highest BCUT2D eigenvalue weighted by atomic mass is 79.9. The van der Waals surface area contributed by atoms with Gasteiger partial charge in [0.1, 0.15) is 17.0 Å². The summed E-state index contributed by atoms with van der Waals surface area (Å²) in [4.78, 5) is 32.1. The minimum absolute atomic E-state index is 0.0584. The molecule has 0 bridgehead atoms. The van der Waals surface area contributed by atoms with Gasteiger partial charge in [0.05, 0.1) is 28.7 Å². The summed E-state index contributed by atoms with van der Waals surface area (Å²) in [5.74, 6) is 0. The second kappa shape index (κ2) is 13.5. The van der Waals surface area contributed by atoms with Crippen molar-refractivity contribution >= 4 is 61.6 Å². The number of fused-ring (bicyclic) bond motifs is 2. The van der Waals surface area contributed by atoms with Gasteiger partial charge in [0.15, 0.2) is 0 Å². The van der Waals surface area contributed by atoms with Crippen molar-refractivity contribution < 1.29 is 9.31 Å². The Balaban J connectivity index is 0.000000141. The van der Waals surface area contributed by atoms with Crippen molar-refractivity contribution in [2.45, 2.75) is 45.3 Å². The van der Waals surface area contributed by atoms with Crippen LogP contribution in [0.1, 0.15) is 39.0 Å². The van der Waals surface area contributed by atoms with Crippen molar-refractivity contribution in [1.29, 1.82) is 0 Å². The van der Waals surface area contributed by atoms with Crippen molar-refractivity contribution in [2.24, 2.45) is 14.1 Å². The summed E-state index contributed by atoms with van der Waals surface area (Å²) >= 11 is 6.62. The molecule has 0 unspecified atom stereocenters. The van der Waals surface area contributed by atoms with Crippen molar-refractivity contribution in [3.8, 4) is 0 Å². The van der Waals surface area contributed by atoms with Crippen LogP contribution in [0.2, 0.25) is 0 Å². The fourth-order valence-corrected chi connectivity index (χ4v) is 5.22. The van der Waals surface area contributed by atoms with Crippen LogP contribution in [0.4, 0.5) is 5.69 Å². The van der Waals surface area contributed by atoms with E-state index in [0.717, 1.165) is 20.2 Å². The normalized spacial score (nSPS) is 14.9. The van der Waals surface area contributed by atoms with Gasteiger partial charge in [-0.3, -0.25) is 27.8 Å². The lowest BCUT2D eigenvalue weighted by Crippen LogP contribution is -2.41. The first-order chi connectivity index (χ1) is 22.1. The van der Waals surface area contributed by atoms with Crippen molar-refractivity contribution in [3.05, 3.63) is 114 Å². The smallest absolute Gasteiger partial charge is 0.398 e. The molecule has 7 rings (SSSR count). The summed E-state index contributed by atoms with van der Waals surface area (Å²) in [6, 6.07) is 11.0. The first-order valence-corrected chi connectivity index (χ1v) is 16.1. The SMILES string of the molecule is Cn1ccc(B2OC(C)(C)C(C)(C)O2)n1.Cn1ccc(Cc2cnc3ccc(Br)cn3c2=O)n1.Nc1cnc2ccc(Br)cn2c1=O. The Bertz CT molecular complexity index is 2150. The Morgan fingerprint density at radius 1 is 0.766 bits per heavy atom. The molecule has 16 heteroatoms. The summed E-state index contributed by atoms with van der Waals surface area (Å²) in [6.45, 7) is 8.15. The summed E-state index contributed by atoms with van der Waals surface area (Å²) in [5, 5.41) is 8.57. The zero-order valence-electron chi connectivity index (χ0n) is 26.8. The topological polar surface area (TPSA) is 149 Å². The van der Waals surface area contributed by atoms with Crippen LogP contribution in [0.3, 0.4) is 0 Å². The summed E-state index contributed by atoms with van der Waals surface area (Å²) in [7, 11) is 3.39. The molecule has 0 atom stereocenters. The molecule has 1 aliphatic heterocycles. The molecule has 6 aromatic rings. The molecule has 244 valence electrons. The van der Waals surface area contributed by atoms with Crippen LogP contribution in [0, 0.1) is 0 Å². The summed E-state index contributed by atoms with van der Waals surface area (Å²) < 4.78 is 19.8. The van der Waals surface area contributed by atoms with Gasteiger partial charge in [0.25, 0.3) is 11.1 Å². The highest BCUT2D eigenvalue weighted by Gasteiger charge is 2.52. The molecule has 1 fully saturated rings. The van der Waals surface area contributed by atoms with Crippen LogP contribution >= 0.6 is 31.9 Å². The molecule has 1 saturated heterocycles. The van der Waals surface area contributed by atoms with Gasteiger partial charge in [0.2, 0.25) is 0 Å². The highest BCUT2D eigenvalue weighted by molar-refractivity contribution is 9.10. The number of halogens is 2. The molecule has 7 heterocycles. The molecular weight excluding hydrogens is 733 g/mol. The Hall–Kier alpha value is -4.12. The molecule has 1 aliphatic rings. The van der Waals surface area contributed by atoms with Gasteiger partial charge in [0, 0.05) is 66.0 Å². The number of nitrogens with two attached hydrogens (primary N) is 1. The van der Waals surface area contributed by atoms with Crippen LogP contribution in [-0.2, 0) is 29.8 Å². The largest absolute Gasteiger partial charge is 0.516 e. The van der Waals surface area contributed by atoms with Crippen molar-refractivity contribution in [1.82, 2.24) is 38.3 Å². The average Bonchev–Trinajstić information content (AvgIpc) is 3.69. The lowest BCUT2D eigenvalue weighted by molar-refractivity contribution is 0.00578. The first-order valence-electron chi connectivity index (χ1n) is 14.6. The molecule has 0 spiro atoms. The molecule has 2 N–H and O–H groups in total. The maximum atomic E-state index is 12.4. The fraction of sp³-hybridized carbons (Fsp3) is 0.290. The van der Waals surface area contributed by atoms with Gasteiger partial charge in [-0.05, 0) is 96.0 Å². The molecule has 47 heavy (non-hydrogen) atoms. The zero-order chi connectivity index (χ0) is 34.1. The van der Waals surface area contributed by atoms with E-state index in [1.807, 2.05) is 78.4 Å². The molecule has 0 aliphatic carbocycles. The lowest BCUT2D eigenvalue weighted by Gasteiger charge is -2.32. The Labute approximate surface area is 287 Å². The van der Waals surface area contributed by atoms with Gasteiger partial charge < -0.3 is 15.0 Å². The van der Waals surface area contributed by atoms with E-state index >= 15 is 0 Å². The molecule has 13 nitrogen and oxygen atoms in total. The number of anilines is 1. The van der Waals surface area contributed by atoms with Crippen LogP contribution in [-0.4, -0.2) is 56.7 Å². The van der Waals surface area contributed by atoms with E-state index in [-0.39, 0.29) is 35.1 Å². The third-order valence-corrected chi connectivity index (χ3v) is 8.74. The molecule has 0 aromatic carbocycles. The monoisotopic (exact) mass is 765 g/mol. The Morgan fingerprint density at radius 3 is 1.83 bits per heavy atom. The van der Waals surface area contributed by atoms with E-state index < -0.39 is 0 Å². The molecular formula is C31H34BBr2N9O4. The first kappa shape index (κ1) is 34.2. The minimum Gasteiger partial charge on any atom is -0.398 e. The predicted octanol–water partition coefficient (Wildman–Crippen LogP) is 3.54. The third-order valence-electron chi connectivity index (χ3n) is 7.80. The van der Waals surface area contributed by atoms with E-state index in [0.29, 0.717) is 23.3 Å². The number of nitrogen functional groups attached to an aromatic ring is 1. The molecule has 0 saturated carbocycles. The Kier molecular flexibility index (Phi) is 9.87. The third kappa shape index (κ3) is 7.72. The molecule has 0 radical (unpaired) electrons. The number of pyridine rings is 2. The standard InChI is InChI=1S/C13H11BrN4O.C10H17BN2O2.C8H6BrN3O/c1-17-5-4-11(16-17)6-9-7-15-12-3-2-10(14)8-18(12)13(9)19;1-9(2)10(3,4)15-11(14-9)8-6-7-13(5)12-8;9-5-1-2-7-11-3-6(10)8(13)12(7)4-5/h2-5,7-8H,6H2,1H3;6-7H,1-5H3;1-4H,10H2. The van der Waals surface area contributed by atoms with Crippen LogP contribution in [0.5, 0.6) is 0 Å². The maximum Gasteiger partial charge on any atom is 0.516 e. The highest BCUT2D eigenvalue weighted by Crippen LogP contribution is 2.36. The van der Waals surface area contributed by atoms with E-state index in [4.69, 9.17) is 15.0 Å². The van der Waals surface area contributed by atoms with Gasteiger partial charge in [-0.15, -0.1) is 0 Å². The molecule has 0 amide bonds. The number of hydrogen-bond donors (Lipinski definition) is 1. The van der Waals surface area contributed by atoms with Crippen LogP contribution < -0.4 is 22.4 Å². The van der Waals surface area contributed by atoms with Crippen molar-refractivity contribution in [2.75, 3.05) is 5.73 Å². The van der Waals surface area contributed by atoms with Crippen LogP contribution in [0.15, 0.2) is 92.1 Å². The Morgan fingerprint density at radius 2 is 1.30 bits per heavy atom. The average molecular weight is 767 g/mol.